The summed E-state index contributed by atoms with van der Waals surface area (Å²) in [6, 6.07) is 5.11. The summed E-state index contributed by atoms with van der Waals surface area (Å²) in [5.41, 5.74) is 1.43. The number of hydrogen-bond acceptors (Lipinski definition) is 3. The lowest BCUT2D eigenvalue weighted by Crippen LogP contribution is -2.43. The predicted octanol–water partition coefficient (Wildman–Crippen LogP) is 1.38. The van der Waals surface area contributed by atoms with Crippen LogP contribution in [0.3, 0.4) is 0 Å². The second-order valence-electron chi connectivity index (χ2n) is 5.45. The van der Waals surface area contributed by atoms with Crippen molar-refractivity contribution in [3.63, 3.8) is 0 Å². The fourth-order valence-electron chi connectivity index (χ4n) is 1.57. The van der Waals surface area contributed by atoms with Crippen molar-refractivity contribution in [2.45, 2.75) is 33.2 Å². The van der Waals surface area contributed by atoms with Gasteiger partial charge in [0.05, 0.1) is 5.69 Å². The second-order valence-corrected chi connectivity index (χ2v) is 6.86. The maximum absolute atomic E-state index is 11.9. The molecule has 110 valence electrons. The van der Waals surface area contributed by atoms with E-state index < -0.39 is 15.7 Å². The SMILES string of the molecule is Cc1cc(C#CCO)ccc1NS(=O)(=O)NC(C)(C)C. The molecule has 6 heteroatoms. The third-order valence-corrected chi connectivity index (χ3v) is 3.59. The van der Waals surface area contributed by atoms with Crippen LogP contribution < -0.4 is 9.44 Å². The molecule has 0 heterocycles. The van der Waals surface area contributed by atoms with Crippen molar-refractivity contribution in [1.29, 1.82) is 0 Å². The van der Waals surface area contributed by atoms with E-state index in [-0.39, 0.29) is 6.61 Å². The van der Waals surface area contributed by atoms with Crippen molar-refractivity contribution in [2.75, 3.05) is 11.3 Å². The molecule has 1 aromatic carbocycles. The number of nitrogens with one attached hydrogen (secondary N) is 2. The lowest BCUT2D eigenvalue weighted by atomic mass is 10.1. The molecule has 0 fully saturated rings. The van der Waals surface area contributed by atoms with E-state index in [0.29, 0.717) is 5.69 Å². The van der Waals surface area contributed by atoms with Gasteiger partial charge in [-0.3, -0.25) is 4.72 Å². The van der Waals surface area contributed by atoms with Gasteiger partial charge in [-0.05, 0) is 51.5 Å². The molecule has 0 saturated heterocycles. The molecule has 1 aromatic rings. The highest BCUT2D eigenvalue weighted by Crippen LogP contribution is 2.17. The number of anilines is 1. The van der Waals surface area contributed by atoms with Gasteiger partial charge < -0.3 is 5.11 Å². The van der Waals surface area contributed by atoms with Gasteiger partial charge in [0.2, 0.25) is 0 Å². The van der Waals surface area contributed by atoms with E-state index in [1.807, 2.05) is 0 Å². The molecule has 0 aliphatic heterocycles. The minimum absolute atomic E-state index is 0.205. The smallest absolute Gasteiger partial charge is 0.299 e. The average Bonchev–Trinajstić information content (AvgIpc) is 2.26. The quantitative estimate of drug-likeness (QED) is 0.737. The molecule has 0 aromatic heterocycles. The first-order valence-electron chi connectivity index (χ1n) is 6.15. The van der Waals surface area contributed by atoms with E-state index >= 15 is 0 Å². The van der Waals surface area contributed by atoms with Crippen LogP contribution in [-0.4, -0.2) is 25.7 Å². The summed E-state index contributed by atoms with van der Waals surface area (Å²) >= 11 is 0. The molecule has 0 spiro atoms. The largest absolute Gasteiger partial charge is 0.384 e. The second kappa shape index (κ2) is 6.27. The predicted molar refractivity (Wildman–Crippen MR) is 80.6 cm³/mol. The lowest BCUT2D eigenvalue weighted by Gasteiger charge is -2.21. The van der Waals surface area contributed by atoms with E-state index in [1.165, 1.54) is 0 Å². The zero-order valence-electron chi connectivity index (χ0n) is 12.1. The third kappa shape index (κ3) is 5.61. The summed E-state index contributed by atoms with van der Waals surface area (Å²) in [6.45, 7) is 6.90. The van der Waals surface area contributed by atoms with Crippen molar-refractivity contribution in [1.82, 2.24) is 4.72 Å². The molecule has 0 bridgehead atoms. The maximum atomic E-state index is 11.9. The summed E-state index contributed by atoms with van der Waals surface area (Å²) in [5.74, 6) is 5.32. The normalized spacial score (nSPS) is 11.7. The number of aliphatic hydroxyl groups excluding tert-OH is 1. The van der Waals surface area contributed by atoms with Gasteiger partial charge in [-0.15, -0.1) is 0 Å². The van der Waals surface area contributed by atoms with Crippen LogP contribution in [0.4, 0.5) is 5.69 Å². The van der Waals surface area contributed by atoms with Crippen LogP contribution in [0.5, 0.6) is 0 Å². The third-order valence-electron chi connectivity index (χ3n) is 2.22. The number of hydrogen-bond donors (Lipinski definition) is 3. The highest BCUT2D eigenvalue weighted by molar-refractivity contribution is 7.90. The Bertz CT molecular complexity index is 635. The zero-order chi connectivity index (χ0) is 15.4. The Morgan fingerprint density at radius 2 is 1.95 bits per heavy atom. The van der Waals surface area contributed by atoms with Crippen molar-refractivity contribution in [3.8, 4) is 11.8 Å². The molecular weight excluding hydrogens is 276 g/mol. The van der Waals surface area contributed by atoms with Gasteiger partial charge in [-0.2, -0.15) is 13.1 Å². The number of benzene rings is 1. The summed E-state index contributed by atoms with van der Waals surface area (Å²) in [4.78, 5) is 0. The van der Waals surface area contributed by atoms with Crippen molar-refractivity contribution in [2.24, 2.45) is 0 Å². The Kier molecular flexibility index (Phi) is 5.17. The van der Waals surface area contributed by atoms with Gasteiger partial charge in [0.25, 0.3) is 10.2 Å². The van der Waals surface area contributed by atoms with Crippen LogP contribution in [0, 0.1) is 18.8 Å². The Morgan fingerprint density at radius 3 is 2.45 bits per heavy atom. The highest BCUT2D eigenvalue weighted by Gasteiger charge is 2.20. The fraction of sp³-hybridized carbons (Fsp3) is 0.429. The van der Waals surface area contributed by atoms with Gasteiger partial charge in [-0.25, -0.2) is 0 Å². The van der Waals surface area contributed by atoms with Crippen LogP contribution in [0.25, 0.3) is 0 Å². The van der Waals surface area contributed by atoms with Crippen LogP contribution in [0.1, 0.15) is 31.9 Å². The molecule has 20 heavy (non-hydrogen) atoms. The first-order chi connectivity index (χ1) is 9.13. The summed E-state index contributed by atoms with van der Waals surface area (Å²) in [6.07, 6.45) is 0. The monoisotopic (exact) mass is 296 g/mol. The maximum Gasteiger partial charge on any atom is 0.299 e. The Labute approximate surface area is 120 Å². The van der Waals surface area contributed by atoms with Gasteiger partial charge in [0.1, 0.15) is 6.61 Å². The zero-order valence-corrected chi connectivity index (χ0v) is 12.9. The summed E-state index contributed by atoms with van der Waals surface area (Å²) in [5, 5.41) is 8.64. The molecule has 1 rings (SSSR count). The number of aliphatic hydroxyl groups is 1. The average molecular weight is 296 g/mol. The molecule has 0 aliphatic rings. The molecule has 0 aliphatic carbocycles. The van der Waals surface area contributed by atoms with E-state index in [1.54, 1.807) is 45.9 Å². The molecule has 0 unspecified atom stereocenters. The van der Waals surface area contributed by atoms with Crippen molar-refractivity contribution < 1.29 is 13.5 Å². The van der Waals surface area contributed by atoms with E-state index in [4.69, 9.17) is 5.11 Å². The Hall–Kier alpha value is -1.55. The van der Waals surface area contributed by atoms with Crippen LogP contribution in [0.15, 0.2) is 18.2 Å². The van der Waals surface area contributed by atoms with E-state index in [9.17, 15) is 8.42 Å². The molecular formula is C14H20N2O3S. The molecule has 0 saturated carbocycles. The van der Waals surface area contributed by atoms with Crippen LogP contribution in [0.2, 0.25) is 0 Å². The molecule has 0 amide bonds. The van der Waals surface area contributed by atoms with Crippen LogP contribution in [-0.2, 0) is 10.2 Å². The number of aryl methyl sites for hydroxylation is 1. The van der Waals surface area contributed by atoms with Gasteiger partial charge in [-0.1, -0.05) is 11.8 Å². The standard InChI is InChI=1S/C14H20N2O3S/c1-11-10-12(6-5-9-17)7-8-13(11)15-20(18,19)16-14(2,3)4/h7-8,10,15-17H,9H2,1-4H3. The molecule has 3 N–H and O–H groups in total. The molecule has 5 nitrogen and oxygen atoms in total. The summed E-state index contributed by atoms with van der Waals surface area (Å²) in [7, 11) is -3.62. The lowest BCUT2D eigenvalue weighted by molar-refractivity contribution is 0.350. The minimum atomic E-state index is -3.62. The summed E-state index contributed by atoms with van der Waals surface area (Å²) < 4.78 is 28.9. The fourth-order valence-corrected chi connectivity index (χ4v) is 2.95. The minimum Gasteiger partial charge on any atom is -0.384 e. The van der Waals surface area contributed by atoms with E-state index in [2.05, 4.69) is 21.3 Å². The van der Waals surface area contributed by atoms with Gasteiger partial charge in [0.15, 0.2) is 0 Å². The van der Waals surface area contributed by atoms with Gasteiger partial charge in [0, 0.05) is 11.1 Å². The topological polar surface area (TPSA) is 78.4 Å². The van der Waals surface area contributed by atoms with Crippen molar-refractivity contribution >= 4 is 15.9 Å². The first kappa shape index (κ1) is 16.5. The van der Waals surface area contributed by atoms with Gasteiger partial charge >= 0.3 is 0 Å². The first-order valence-corrected chi connectivity index (χ1v) is 7.63. The Balaban J connectivity index is 2.94. The highest BCUT2D eigenvalue weighted by atomic mass is 32.2. The number of rotatable bonds is 3. The van der Waals surface area contributed by atoms with E-state index in [0.717, 1.165) is 11.1 Å². The van der Waals surface area contributed by atoms with Crippen LogP contribution >= 0.6 is 0 Å². The van der Waals surface area contributed by atoms with Crippen molar-refractivity contribution in [3.05, 3.63) is 29.3 Å². The molecule has 0 atom stereocenters. The Morgan fingerprint density at radius 1 is 1.30 bits per heavy atom. The molecule has 0 radical (unpaired) electrons.